The number of nitrogens with one attached hydrogen (secondary N) is 1. The summed E-state index contributed by atoms with van der Waals surface area (Å²) in [6, 6.07) is 5.80. The number of benzene rings is 1. The van der Waals surface area contributed by atoms with Crippen molar-refractivity contribution in [1.29, 1.82) is 0 Å². The minimum Gasteiger partial charge on any atom is -0.488 e. The summed E-state index contributed by atoms with van der Waals surface area (Å²) in [6.45, 7) is 0.866. The fraction of sp³-hybridized carbons (Fsp3) is 0.400. The molecule has 0 saturated heterocycles. The second kappa shape index (κ2) is 3.56. The van der Waals surface area contributed by atoms with Crippen molar-refractivity contribution in [2.45, 2.75) is 12.5 Å². The van der Waals surface area contributed by atoms with Gasteiger partial charge in [-0.3, -0.25) is 0 Å². The Hall–Kier alpha value is -0.730. The van der Waals surface area contributed by atoms with Crippen LogP contribution in [-0.2, 0) is 6.42 Å². The second-order valence-corrected chi connectivity index (χ2v) is 3.63. The molecule has 0 bridgehead atoms. The van der Waals surface area contributed by atoms with Gasteiger partial charge in [0.05, 0.1) is 0 Å². The Balaban J connectivity index is 2.20. The van der Waals surface area contributed by atoms with Gasteiger partial charge in [0.1, 0.15) is 11.9 Å². The van der Waals surface area contributed by atoms with Crippen LogP contribution in [0.5, 0.6) is 5.75 Å². The lowest BCUT2D eigenvalue weighted by Crippen LogP contribution is -2.27. The summed E-state index contributed by atoms with van der Waals surface area (Å²) >= 11 is 6.03. The molecule has 0 fully saturated rings. The molecule has 1 atom stereocenters. The highest BCUT2D eigenvalue weighted by Crippen LogP contribution is 2.33. The maximum Gasteiger partial charge on any atom is 0.124 e. The minimum absolute atomic E-state index is 0.236. The van der Waals surface area contributed by atoms with Crippen LogP contribution in [0.2, 0.25) is 5.02 Å². The molecule has 1 aromatic carbocycles. The van der Waals surface area contributed by atoms with Gasteiger partial charge in [-0.2, -0.15) is 0 Å². The molecule has 2 rings (SSSR count). The van der Waals surface area contributed by atoms with Crippen LogP contribution in [0.3, 0.4) is 0 Å². The first-order valence-corrected chi connectivity index (χ1v) is 4.77. The number of rotatable bonds is 2. The van der Waals surface area contributed by atoms with Crippen molar-refractivity contribution in [3.63, 3.8) is 0 Å². The molecule has 1 heterocycles. The number of likely N-dealkylation sites (N-methyl/N-ethyl adjacent to an activating group) is 1. The SMILES string of the molecule is CNCC1Cc2c(Cl)cccc2O1. The van der Waals surface area contributed by atoms with Gasteiger partial charge in [0.2, 0.25) is 0 Å². The van der Waals surface area contributed by atoms with Crippen molar-refractivity contribution in [2.24, 2.45) is 0 Å². The average molecular weight is 198 g/mol. The van der Waals surface area contributed by atoms with E-state index in [9.17, 15) is 0 Å². The van der Waals surface area contributed by atoms with Crippen LogP contribution in [0.4, 0.5) is 0 Å². The lowest BCUT2D eigenvalue weighted by molar-refractivity contribution is 0.231. The van der Waals surface area contributed by atoms with Crippen LogP contribution >= 0.6 is 11.6 Å². The molecule has 0 aromatic heterocycles. The van der Waals surface area contributed by atoms with Crippen LogP contribution in [0.1, 0.15) is 5.56 Å². The molecule has 1 aromatic rings. The van der Waals surface area contributed by atoms with Gasteiger partial charge >= 0.3 is 0 Å². The summed E-state index contributed by atoms with van der Waals surface area (Å²) in [7, 11) is 1.92. The Morgan fingerprint density at radius 2 is 2.46 bits per heavy atom. The number of ether oxygens (including phenoxy) is 1. The Morgan fingerprint density at radius 3 is 3.15 bits per heavy atom. The normalized spacial score (nSPS) is 19.7. The molecule has 0 aliphatic carbocycles. The van der Waals surface area contributed by atoms with Crippen LogP contribution in [0, 0.1) is 0 Å². The summed E-state index contributed by atoms with van der Waals surface area (Å²) in [5.41, 5.74) is 1.14. The Bertz CT molecular complexity index is 314. The van der Waals surface area contributed by atoms with Crippen molar-refractivity contribution in [1.82, 2.24) is 5.32 Å². The standard InChI is InChI=1S/C10H12ClNO/c1-12-6-7-5-8-9(11)3-2-4-10(8)13-7/h2-4,7,12H,5-6H2,1H3. The Kier molecular flexibility index (Phi) is 2.42. The maximum absolute atomic E-state index is 6.03. The molecule has 1 aliphatic heterocycles. The lowest BCUT2D eigenvalue weighted by Gasteiger charge is -2.08. The van der Waals surface area contributed by atoms with E-state index in [2.05, 4.69) is 5.32 Å². The molecule has 0 radical (unpaired) electrons. The first-order valence-electron chi connectivity index (χ1n) is 4.40. The average Bonchev–Trinajstić information content (AvgIpc) is 2.49. The van der Waals surface area contributed by atoms with E-state index in [1.54, 1.807) is 0 Å². The fourth-order valence-electron chi connectivity index (χ4n) is 1.64. The largest absolute Gasteiger partial charge is 0.488 e. The van der Waals surface area contributed by atoms with Crippen molar-refractivity contribution in [2.75, 3.05) is 13.6 Å². The predicted octanol–water partition coefficient (Wildman–Crippen LogP) is 1.86. The van der Waals surface area contributed by atoms with Crippen LogP contribution in [0.15, 0.2) is 18.2 Å². The van der Waals surface area contributed by atoms with E-state index in [0.717, 1.165) is 29.3 Å². The van der Waals surface area contributed by atoms with Crippen molar-refractivity contribution < 1.29 is 4.74 Å². The van der Waals surface area contributed by atoms with Crippen molar-refractivity contribution in [3.8, 4) is 5.75 Å². The molecule has 2 nitrogen and oxygen atoms in total. The van der Waals surface area contributed by atoms with Crippen molar-refractivity contribution >= 4 is 11.6 Å². The van der Waals surface area contributed by atoms with E-state index in [0.29, 0.717) is 0 Å². The van der Waals surface area contributed by atoms with Gasteiger partial charge in [-0.25, -0.2) is 0 Å². The van der Waals surface area contributed by atoms with Gasteiger partial charge in [-0.05, 0) is 19.2 Å². The molecule has 1 aliphatic rings. The van der Waals surface area contributed by atoms with Gasteiger partial charge in [-0.15, -0.1) is 0 Å². The van der Waals surface area contributed by atoms with Crippen LogP contribution < -0.4 is 10.1 Å². The van der Waals surface area contributed by atoms with Gasteiger partial charge in [0.25, 0.3) is 0 Å². The number of halogens is 1. The van der Waals surface area contributed by atoms with E-state index in [1.165, 1.54) is 0 Å². The molecule has 0 spiro atoms. The van der Waals surface area contributed by atoms with E-state index in [1.807, 2.05) is 25.2 Å². The highest BCUT2D eigenvalue weighted by molar-refractivity contribution is 6.31. The van der Waals surface area contributed by atoms with E-state index >= 15 is 0 Å². The third-order valence-electron chi connectivity index (χ3n) is 2.23. The quantitative estimate of drug-likeness (QED) is 0.782. The van der Waals surface area contributed by atoms with Crippen LogP contribution in [-0.4, -0.2) is 19.7 Å². The highest BCUT2D eigenvalue weighted by atomic mass is 35.5. The zero-order valence-corrected chi connectivity index (χ0v) is 8.27. The molecular formula is C10H12ClNO. The third-order valence-corrected chi connectivity index (χ3v) is 2.59. The van der Waals surface area contributed by atoms with Crippen LogP contribution in [0.25, 0.3) is 0 Å². The monoisotopic (exact) mass is 197 g/mol. The van der Waals surface area contributed by atoms with Crippen molar-refractivity contribution in [3.05, 3.63) is 28.8 Å². The summed E-state index contributed by atoms with van der Waals surface area (Å²) in [6.07, 6.45) is 1.15. The molecular weight excluding hydrogens is 186 g/mol. The molecule has 0 amide bonds. The minimum atomic E-state index is 0.236. The highest BCUT2D eigenvalue weighted by Gasteiger charge is 2.23. The first-order chi connectivity index (χ1) is 6.31. The lowest BCUT2D eigenvalue weighted by atomic mass is 10.1. The first kappa shape index (κ1) is 8.85. The Labute approximate surface area is 82.9 Å². The summed E-state index contributed by atoms with van der Waals surface area (Å²) in [5, 5.41) is 3.91. The van der Waals surface area contributed by atoms with E-state index < -0.39 is 0 Å². The number of fused-ring (bicyclic) bond motifs is 1. The van der Waals surface area contributed by atoms with Gasteiger partial charge < -0.3 is 10.1 Å². The predicted molar refractivity (Wildman–Crippen MR) is 53.5 cm³/mol. The summed E-state index contributed by atoms with van der Waals surface area (Å²) in [4.78, 5) is 0. The van der Waals surface area contributed by atoms with Gasteiger partial charge in [0.15, 0.2) is 0 Å². The molecule has 0 saturated carbocycles. The third kappa shape index (κ3) is 1.64. The molecule has 70 valence electrons. The molecule has 3 heteroatoms. The summed E-state index contributed by atoms with van der Waals surface area (Å²) in [5.74, 6) is 0.938. The molecule has 1 N–H and O–H groups in total. The van der Waals surface area contributed by atoms with E-state index in [4.69, 9.17) is 16.3 Å². The topological polar surface area (TPSA) is 21.3 Å². The smallest absolute Gasteiger partial charge is 0.124 e. The second-order valence-electron chi connectivity index (χ2n) is 3.22. The maximum atomic E-state index is 6.03. The number of hydrogen-bond acceptors (Lipinski definition) is 2. The molecule has 13 heavy (non-hydrogen) atoms. The zero-order chi connectivity index (χ0) is 9.26. The van der Waals surface area contributed by atoms with Gasteiger partial charge in [0, 0.05) is 23.6 Å². The zero-order valence-electron chi connectivity index (χ0n) is 7.51. The number of hydrogen-bond donors (Lipinski definition) is 1. The van der Waals surface area contributed by atoms with Gasteiger partial charge in [-0.1, -0.05) is 17.7 Å². The van der Waals surface area contributed by atoms with E-state index in [-0.39, 0.29) is 6.10 Å². The Morgan fingerprint density at radius 1 is 1.62 bits per heavy atom. The fourth-order valence-corrected chi connectivity index (χ4v) is 1.88. The summed E-state index contributed by atoms with van der Waals surface area (Å²) < 4.78 is 5.68. The molecule has 1 unspecified atom stereocenters.